The van der Waals surface area contributed by atoms with Crippen molar-refractivity contribution in [2.24, 2.45) is 5.11 Å². The third-order valence-corrected chi connectivity index (χ3v) is 1.83. The zero-order valence-electron chi connectivity index (χ0n) is 7.46. The predicted octanol–water partition coefficient (Wildman–Crippen LogP) is 2.01. The smallest absolute Gasteiger partial charge is 0.0856 e. The molecule has 4 heteroatoms. The first-order valence-corrected chi connectivity index (χ1v) is 4.03. The van der Waals surface area contributed by atoms with E-state index in [1.165, 1.54) is 0 Å². The molecule has 1 aromatic rings. The second-order valence-corrected chi connectivity index (χ2v) is 2.67. The van der Waals surface area contributed by atoms with Crippen LogP contribution in [0.3, 0.4) is 0 Å². The summed E-state index contributed by atoms with van der Waals surface area (Å²) in [5.41, 5.74) is 9.75. The third-order valence-electron chi connectivity index (χ3n) is 1.83. The molecule has 0 radical (unpaired) electrons. The Morgan fingerprint density at radius 3 is 2.57 bits per heavy atom. The lowest BCUT2D eigenvalue weighted by Gasteiger charge is -2.07. The monoisotopic (exact) mass is 187 g/mol. The molecule has 1 N–H and O–H groups in total. The summed E-state index contributed by atoms with van der Waals surface area (Å²) in [6.07, 6.45) is 5.19. The molecule has 0 aliphatic carbocycles. The summed E-state index contributed by atoms with van der Waals surface area (Å²) in [6.45, 7) is -0.209. The fraction of sp³-hybridized carbons (Fsp3) is 0.200. The van der Waals surface area contributed by atoms with Gasteiger partial charge in [0.2, 0.25) is 0 Å². The van der Waals surface area contributed by atoms with Crippen LogP contribution in [0.2, 0.25) is 0 Å². The van der Waals surface area contributed by atoms with Crippen LogP contribution < -0.4 is 0 Å². The van der Waals surface area contributed by atoms with Crippen molar-refractivity contribution in [1.82, 2.24) is 0 Å². The fourth-order valence-corrected chi connectivity index (χ4v) is 1.07. The Kier molecular flexibility index (Phi) is 3.57. The van der Waals surface area contributed by atoms with Crippen LogP contribution in [0.15, 0.2) is 29.4 Å². The van der Waals surface area contributed by atoms with Crippen molar-refractivity contribution in [2.45, 2.75) is 6.04 Å². The first-order chi connectivity index (χ1) is 6.81. The van der Waals surface area contributed by atoms with Gasteiger partial charge in [-0.3, -0.25) is 0 Å². The number of azide groups is 1. The van der Waals surface area contributed by atoms with Gasteiger partial charge in [-0.1, -0.05) is 23.2 Å². The van der Waals surface area contributed by atoms with Gasteiger partial charge < -0.3 is 5.11 Å². The Labute approximate surface area is 81.8 Å². The highest BCUT2D eigenvalue weighted by Gasteiger charge is 2.06. The summed E-state index contributed by atoms with van der Waals surface area (Å²) in [4.78, 5) is 2.65. The number of nitrogens with zero attached hydrogens (tertiary/aromatic N) is 3. The number of aliphatic hydroxyl groups is 1. The summed E-state index contributed by atoms with van der Waals surface area (Å²) in [5.74, 6) is 2.48. The van der Waals surface area contributed by atoms with E-state index in [0.29, 0.717) is 0 Å². The van der Waals surface area contributed by atoms with Crippen LogP contribution >= 0.6 is 0 Å². The summed E-state index contributed by atoms with van der Waals surface area (Å²) < 4.78 is 0. The Balaban J connectivity index is 2.95. The lowest BCUT2D eigenvalue weighted by Crippen LogP contribution is -1.99. The lowest BCUT2D eigenvalue weighted by atomic mass is 10.1. The molecule has 70 valence electrons. The van der Waals surface area contributed by atoms with Crippen molar-refractivity contribution in [2.75, 3.05) is 6.61 Å². The van der Waals surface area contributed by atoms with E-state index in [4.69, 9.17) is 17.1 Å². The first-order valence-electron chi connectivity index (χ1n) is 4.03. The average Bonchev–Trinajstić information content (AvgIpc) is 2.26. The molecule has 0 bridgehead atoms. The van der Waals surface area contributed by atoms with E-state index in [1.54, 1.807) is 24.3 Å². The molecule has 1 aromatic carbocycles. The highest BCUT2D eigenvalue weighted by Crippen LogP contribution is 2.17. The topological polar surface area (TPSA) is 69.0 Å². The van der Waals surface area contributed by atoms with Gasteiger partial charge in [0.25, 0.3) is 0 Å². The molecule has 1 rings (SSSR count). The minimum absolute atomic E-state index is 0.209. The van der Waals surface area contributed by atoms with E-state index >= 15 is 0 Å². The van der Waals surface area contributed by atoms with Crippen LogP contribution in [0.4, 0.5) is 0 Å². The molecule has 0 aromatic heterocycles. The molecular weight excluding hydrogens is 178 g/mol. The van der Waals surface area contributed by atoms with E-state index in [2.05, 4.69) is 15.9 Å². The number of benzene rings is 1. The predicted molar refractivity (Wildman–Crippen MR) is 53.3 cm³/mol. The van der Waals surface area contributed by atoms with Gasteiger partial charge in [-0.05, 0) is 23.2 Å². The minimum Gasteiger partial charge on any atom is -0.396 e. The number of rotatable bonds is 3. The third kappa shape index (κ3) is 2.27. The van der Waals surface area contributed by atoms with Gasteiger partial charge in [0, 0.05) is 10.5 Å². The molecule has 0 aliphatic heterocycles. The zero-order chi connectivity index (χ0) is 10.4. The molecule has 0 saturated heterocycles. The van der Waals surface area contributed by atoms with Gasteiger partial charge in [-0.15, -0.1) is 6.42 Å². The minimum atomic E-state index is -0.535. The number of hydrogen-bond acceptors (Lipinski definition) is 2. The standard InChI is InChI=1S/C10H9N3O/c1-2-8-3-5-9(6-4-8)10(7-14)12-13-11/h1,3-6,10,14H,7H2. The van der Waals surface area contributed by atoms with E-state index in [0.717, 1.165) is 11.1 Å². The van der Waals surface area contributed by atoms with E-state index in [9.17, 15) is 0 Å². The first kappa shape index (κ1) is 10.1. The largest absolute Gasteiger partial charge is 0.396 e. The van der Waals surface area contributed by atoms with Gasteiger partial charge in [0.15, 0.2) is 0 Å². The molecule has 1 atom stereocenters. The molecule has 0 aliphatic rings. The van der Waals surface area contributed by atoms with Crippen LogP contribution in [0.5, 0.6) is 0 Å². The summed E-state index contributed by atoms with van der Waals surface area (Å²) in [6, 6.07) is 6.43. The fourth-order valence-electron chi connectivity index (χ4n) is 1.07. The van der Waals surface area contributed by atoms with Crippen molar-refractivity contribution in [3.63, 3.8) is 0 Å². The molecule has 0 heterocycles. The molecule has 1 unspecified atom stereocenters. The zero-order valence-corrected chi connectivity index (χ0v) is 7.46. The van der Waals surface area contributed by atoms with E-state index in [-0.39, 0.29) is 6.61 Å². The number of terminal acetylenes is 1. The molecule has 0 amide bonds. The van der Waals surface area contributed by atoms with E-state index in [1.807, 2.05) is 0 Å². The maximum absolute atomic E-state index is 8.93. The Morgan fingerprint density at radius 1 is 1.50 bits per heavy atom. The normalized spacial score (nSPS) is 11.1. The molecule has 0 spiro atoms. The second kappa shape index (κ2) is 4.93. The average molecular weight is 187 g/mol. The van der Waals surface area contributed by atoms with Gasteiger partial charge in [-0.25, -0.2) is 0 Å². The maximum Gasteiger partial charge on any atom is 0.0856 e. The maximum atomic E-state index is 8.93. The van der Waals surface area contributed by atoms with Crippen LogP contribution in [0, 0.1) is 12.3 Å². The van der Waals surface area contributed by atoms with Gasteiger partial charge in [-0.2, -0.15) is 0 Å². The number of aliphatic hydroxyl groups excluding tert-OH is 1. The second-order valence-electron chi connectivity index (χ2n) is 2.67. The Bertz CT molecular complexity index is 385. The molecular formula is C10H9N3O. The van der Waals surface area contributed by atoms with Crippen molar-refractivity contribution in [3.05, 3.63) is 45.8 Å². The van der Waals surface area contributed by atoms with Crippen molar-refractivity contribution in [1.29, 1.82) is 0 Å². The molecule has 4 nitrogen and oxygen atoms in total. The number of hydrogen-bond donors (Lipinski definition) is 1. The molecule has 14 heavy (non-hydrogen) atoms. The van der Waals surface area contributed by atoms with Crippen LogP contribution in [0.25, 0.3) is 10.4 Å². The molecule has 0 fully saturated rings. The van der Waals surface area contributed by atoms with Gasteiger partial charge in [0.05, 0.1) is 12.6 Å². The van der Waals surface area contributed by atoms with Crippen molar-refractivity contribution < 1.29 is 5.11 Å². The quantitative estimate of drug-likeness (QED) is 0.334. The highest BCUT2D eigenvalue weighted by atomic mass is 16.3. The summed E-state index contributed by atoms with van der Waals surface area (Å²) >= 11 is 0. The van der Waals surface area contributed by atoms with Crippen molar-refractivity contribution >= 4 is 0 Å². The van der Waals surface area contributed by atoms with Crippen molar-refractivity contribution in [3.8, 4) is 12.3 Å². The Hall–Kier alpha value is -1.95. The van der Waals surface area contributed by atoms with Gasteiger partial charge in [0.1, 0.15) is 0 Å². The Morgan fingerprint density at radius 2 is 2.14 bits per heavy atom. The SMILES string of the molecule is C#Cc1ccc(C(CO)N=[N+]=[N-])cc1. The van der Waals surface area contributed by atoms with Crippen LogP contribution in [-0.2, 0) is 0 Å². The van der Waals surface area contributed by atoms with Crippen LogP contribution in [0.1, 0.15) is 17.2 Å². The lowest BCUT2D eigenvalue weighted by molar-refractivity contribution is 0.268. The summed E-state index contributed by atoms with van der Waals surface area (Å²) in [7, 11) is 0. The van der Waals surface area contributed by atoms with Gasteiger partial charge >= 0.3 is 0 Å². The van der Waals surface area contributed by atoms with Crippen LogP contribution in [-0.4, -0.2) is 11.7 Å². The van der Waals surface area contributed by atoms with E-state index < -0.39 is 6.04 Å². The molecule has 0 saturated carbocycles. The summed E-state index contributed by atoms with van der Waals surface area (Å²) in [5, 5.41) is 12.4. The highest BCUT2D eigenvalue weighted by molar-refractivity contribution is 5.35.